The minimum absolute atomic E-state index is 0.199. The summed E-state index contributed by atoms with van der Waals surface area (Å²) in [6.45, 7) is 8.78. The summed E-state index contributed by atoms with van der Waals surface area (Å²) in [7, 11) is 11.6. The van der Waals surface area contributed by atoms with E-state index in [9.17, 15) is 14.4 Å². The van der Waals surface area contributed by atoms with Gasteiger partial charge < -0.3 is 14.2 Å². The van der Waals surface area contributed by atoms with E-state index in [0.717, 1.165) is 57.8 Å². The number of ether oxygens (including phenoxy) is 3. The number of esters is 3. The Hall–Kier alpha value is -1.75. The van der Waals surface area contributed by atoms with Gasteiger partial charge >= 0.3 is 17.9 Å². The van der Waals surface area contributed by atoms with Crippen LogP contribution >= 0.6 is 0 Å². The molecule has 0 heterocycles. The Bertz CT molecular complexity index is 846. The van der Waals surface area contributed by atoms with Crippen LogP contribution in [0.15, 0.2) is 0 Å². The second-order valence-electron chi connectivity index (χ2n) is 17.6. The summed E-state index contributed by atoms with van der Waals surface area (Å²) in [4.78, 5) is 47.7. The minimum atomic E-state index is -0.275. The van der Waals surface area contributed by atoms with Crippen molar-refractivity contribution in [2.24, 2.45) is 0 Å². The summed E-state index contributed by atoms with van der Waals surface area (Å²) < 4.78 is 17.5. The van der Waals surface area contributed by atoms with E-state index in [2.05, 4.69) is 25.7 Å². The summed E-state index contributed by atoms with van der Waals surface area (Å²) >= 11 is 0. The van der Waals surface area contributed by atoms with Crippen LogP contribution in [0.2, 0.25) is 0 Å². The van der Waals surface area contributed by atoms with E-state index in [0.29, 0.717) is 19.6 Å². The topological polar surface area (TPSA) is 91.9 Å². The summed E-state index contributed by atoms with van der Waals surface area (Å²) in [5.41, 5.74) is 0. The van der Waals surface area contributed by atoms with Crippen LogP contribution in [-0.4, -0.2) is 137 Å². The van der Waals surface area contributed by atoms with Crippen LogP contribution < -0.4 is 0 Å². The highest BCUT2D eigenvalue weighted by molar-refractivity contribution is 5.76. The first-order valence-electron chi connectivity index (χ1n) is 24.2. The van der Waals surface area contributed by atoms with E-state index >= 15 is 0 Å². The predicted molar refractivity (Wildman–Crippen MR) is 243 cm³/mol. The van der Waals surface area contributed by atoms with Crippen LogP contribution in [0, 0.1) is 0 Å². The molecule has 0 bridgehead atoms. The SMILES string of the molecule is CCCCCCCCCCC(C(=O)OCCN(CCOC(=O)C(CCCCCCCCCC)N(C)C)CCOC(=O)C(CCCCCCCCCC)N(C)C)N(C)C. The summed E-state index contributed by atoms with van der Waals surface area (Å²) in [6, 6.07) is -0.824. The third kappa shape index (κ3) is 31.2. The fourth-order valence-electron chi connectivity index (χ4n) is 7.63. The number of carbonyl (C=O) groups is 3. The Labute approximate surface area is 359 Å². The summed E-state index contributed by atoms with van der Waals surface area (Å²) in [5, 5.41) is 0. The van der Waals surface area contributed by atoms with Crippen molar-refractivity contribution in [3.63, 3.8) is 0 Å². The quantitative estimate of drug-likeness (QED) is 0.0337. The number of carbonyl (C=O) groups excluding carboxylic acids is 3. The molecule has 3 atom stereocenters. The van der Waals surface area contributed by atoms with E-state index < -0.39 is 0 Å². The van der Waals surface area contributed by atoms with Gasteiger partial charge in [-0.15, -0.1) is 0 Å². The minimum Gasteiger partial charge on any atom is -0.463 e. The van der Waals surface area contributed by atoms with Crippen molar-refractivity contribution in [3.05, 3.63) is 0 Å². The molecule has 0 aliphatic rings. The molecular formula is C48H96N4O6. The Morgan fingerprint density at radius 3 is 0.759 bits per heavy atom. The number of unbranched alkanes of at least 4 members (excludes halogenated alkanes) is 21. The van der Waals surface area contributed by atoms with Crippen molar-refractivity contribution in [1.29, 1.82) is 0 Å². The zero-order valence-corrected chi connectivity index (χ0v) is 39.8. The lowest BCUT2D eigenvalue weighted by molar-refractivity contribution is -0.150. The molecule has 10 heteroatoms. The van der Waals surface area contributed by atoms with E-state index in [1.807, 2.05) is 57.0 Å². The largest absolute Gasteiger partial charge is 0.463 e. The highest BCUT2D eigenvalue weighted by Gasteiger charge is 2.25. The van der Waals surface area contributed by atoms with Gasteiger partial charge in [-0.25, -0.2) is 0 Å². The lowest BCUT2D eigenvalue weighted by Crippen LogP contribution is -2.41. The molecular weight excluding hydrogens is 729 g/mol. The van der Waals surface area contributed by atoms with Crippen molar-refractivity contribution in [1.82, 2.24) is 19.6 Å². The molecule has 0 aromatic carbocycles. The first kappa shape index (κ1) is 56.2. The van der Waals surface area contributed by atoms with Crippen LogP contribution in [0.1, 0.15) is 194 Å². The van der Waals surface area contributed by atoms with Gasteiger partial charge in [0.05, 0.1) is 0 Å². The van der Waals surface area contributed by atoms with E-state index in [-0.39, 0.29) is 55.9 Å². The molecule has 0 saturated heterocycles. The Balaban J connectivity index is 5.18. The van der Waals surface area contributed by atoms with Gasteiger partial charge in [-0.1, -0.05) is 175 Å². The van der Waals surface area contributed by atoms with Crippen LogP contribution in [0.5, 0.6) is 0 Å². The highest BCUT2D eigenvalue weighted by Crippen LogP contribution is 2.16. The lowest BCUT2D eigenvalue weighted by Gasteiger charge is -2.26. The van der Waals surface area contributed by atoms with Crippen molar-refractivity contribution in [2.45, 2.75) is 212 Å². The molecule has 0 aliphatic carbocycles. The van der Waals surface area contributed by atoms with Crippen molar-refractivity contribution >= 4 is 17.9 Å². The molecule has 0 aromatic rings. The lowest BCUT2D eigenvalue weighted by atomic mass is 10.0. The monoisotopic (exact) mass is 825 g/mol. The molecule has 0 amide bonds. The normalized spacial score (nSPS) is 13.4. The Kier molecular flexibility index (Phi) is 38.2. The highest BCUT2D eigenvalue weighted by atomic mass is 16.5. The van der Waals surface area contributed by atoms with Crippen molar-refractivity contribution in [2.75, 3.05) is 81.7 Å². The summed E-state index contributed by atoms with van der Waals surface area (Å²) in [5.74, 6) is -0.596. The van der Waals surface area contributed by atoms with Gasteiger partial charge in [-0.05, 0) is 61.5 Å². The van der Waals surface area contributed by atoms with Gasteiger partial charge in [0.15, 0.2) is 0 Å². The second-order valence-corrected chi connectivity index (χ2v) is 17.6. The standard InChI is InChI=1S/C48H96N4O6/c1-10-13-16-19-22-25-28-31-34-43(49(4)5)46(53)56-40-37-52(38-41-57-47(54)44(50(6)7)35-32-29-26-23-20-17-14-11-2)39-42-58-48(55)45(51(8)9)36-33-30-27-24-21-18-15-12-3/h43-45H,10-42H2,1-9H3. The van der Waals surface area contributed by atoms with Gasteiger partial charge in [0.25, 0.3) is 0 Å². The predicted octanol–water partition coefficient (Wildman–Crippen LogP) is 10.3. The summed E-state index contributed by atoms with van der Waals surface area (Å²) in [6.07, 6.45) is 31.8. The zero-order valence-electron chi connectivity index (χ0n) is 39.8. The van der Waals surface area contributed by atoms with Gasteiger partial charge in [0.2, 0.25) is 0 Å². The number of hydrogen-bond acceptors (Lipinski definition) is 10. The van der Waals surface area contributed by atoms with Gasteiger partial charge in [0, 0.05) is 19.6 Å². The van der Waals surface area contributed by atoms with Crippen LogP contribution in [0.25, 0.3) is 0 Å². The maximum atomic E-state index is 13.2. The molecule has 3 unspecified atom stereocenters. The van der Waals surface area contributed by atoms with Crippen molar-refractivity contribution < 1.29 is 28.6 Å². The first-order valence-corrected chi connectivity index (χ1v) is 24.2. The molecule has 0 fully saturated rings. The van der Waals surface area contributed by atoms with Crippen molar-refractivity contribution in [3.8, 4) is 0 Å². The maximum absolute atomic E-state index is 13.2. The fraction of sp³-hybridized carbons (Fsp3) is 0.938. The van der Waals surface area contributed by atoms with E-state index in [4.69, 9.17) is 14.2 Å². The van der Waals surface area contributed by atoms with Crippen LogP contribution in [0.4, 0.5) is 0 Å². The third-order valence-corrected chi connectivity index (χ3v) is 11.6. The smallest absolute Gasteiger partial charge is 0.323 e. The van der Waals surface area contributed by atoms with Crippen LogP contribution in [-0.2, 0) is 28.6 Å². The number of hydrogen-bond donors (Lipinski definition) is 0. The molecule has 0 saturated carbocycles. The van der Waals surface area contributed by atoms with E-state index in [1.54, 1.807) is 0 Å². The molecule has 0 aromatic heterocycles. The fourth-order valence-corrected chi connectivity index (χ4v) is 7.63. The number of likely N-dealkylation sites (N-methyl/N-ethyl adjacent to an activating group) is 3. The van der Waals surface area contributed by atoms with Crippen LogP contribution in [0.3, 0.4) is 0 Å². The first-order chi connectivity index (χ1) is 28.0. The maximum Gasteiger partial charge on any atom is 0.323 e. The third-order valence-electron chi connectivity index (χ3n) is 11.6. The second kappa shape index (κ2) is 39.4. The molecule has 0 radical (unpaired) electrons. The van der Waals surface area contributed by atoms with Gasteiger partial charge in [0.1, 0.15) is 37.9 Å². The van der Waals surface area contributed by atoms with Gasteiger partial charge in [-0.2, -0.15) is 0 Å². The molecule has 0 rings (SSSR count). The molecule has 10 nitrogen and oxygen atoms in total. The molecule has 0 aliphatic heterocycles. The molecule has 58 heavy (non-hydrogen) atoms. The Morgan fingerprint density at radius 1 is 0.345 bits per heavy atom. The number of nitrogens with zero attached hydrogens (tertiary/aromatic N) is 4. The van der Waals surface area contributed by atoms with Gasteiger partial charge in [-0.3, -0.25) is 34.0 Å². The average Bonchev–Trinajstić information content (AvgIpc) is 3.18. The van der Waals surface area contributed by atoms with E-state index in [1.165, 1.54) is 116 Å². The number of rotatable bonds is 42. The molecule has 344 valence electrons. The molecule has 0 N–H and O–H groups in total. The zero-order chi connectivity index (χ0) is 43.2. The molecule has 0 spiro atoms. The average molecular weight is 825 g/mol. The Morgan fingerprint density at radius 2 is 0.552 bits per heavy atom.